The van der Waals surface area contributed by atoms with E-state index in [4.69, 9.17) is 4.74 Å². The Morgan fingerprint density at radius 3 is 2.75 bits per heavy atom. The fourth-order valence-electron chi connectivity index (χ4n) is 1.58. The van der Waals surface area contributed by atoms with Crippen LogP contribution in [0.5, 0.6) is 11.6 Å². The predicted octanol–water partition coefficient (Wildman–Crippen LogP) is 3.29. The van der Waals surface area contributed by atoms with Gasteiger partial charge in [0.25, 0.3) is 0 Å². The van der Waals surface area contributed by atoms with Gasteiger partial charge in [-0.05, 0) is 40.5 Å². The minimum atomic E-state index is -0.580. The highest BCUT2D eigenvalue weighted by molar-refractivity contribution is 9.10. The van der Waals surface area contributed by atoms with Gasteiger partial charge in [-0.3, -0.25) is 10.1 Å². The lowest BCUT2D eigenvalue weighted by Crippen LogP contribution is -2.03. The number of nitro groups is 1. The Morgan fingerprint density at radius 1 is 1.40 bits per heavy atom. The summed E-state index contributed by atoms with van der Waals surface area (Å²) in [5, 5.41) is 13.8. The van der Waals surface area contributed by atoms with Crippen molar-refractivity contribution >= 4 is 27.4 Å². The molecule has 1 aromatic heterocycles. The second-order valence-corrected chi connectivity index (χ2v) is 4.77. The lowest BCUT2D eigenvalue weighted by atomic mass is 10.2. The third kappa shape index (κ3) is 2.85. The summed E-state index contributed by atoms with van der Waals surface area (Å²) in [5.41, 5.74) is 0.736. The zero-order chi connectivity index (χ0) is 14.7. The van der Waals surface area contributed by atoms with Crippen LogP contribution in [-0.4, -0.2) is 21.9 Å². The number of rotatable bonds is 4. The largest absolute Gasteiger partial charge is 0.432 e. The van der Waals surface area contributed by atoms with Gasteiger partial charge in [-0.25, -0.2) is 4.98 Å². The maximum atomic E-state index is 11.1. The number of aromatic nitrogens is 2. The molecule has 1 N–H and O–H groups in total. The van der Waals surface area contributed by atoms with Crippen LogP contribution in [0.4, 0.5) is 11.5 Å². The molecule has 0 radical (unpaired) electrons. The van der Waals surface area contributed by atoms with Crippen LogP contribution in [-0.2, 0) is 0 Å². The molecule has 0 unspecified atom stereocenters. The summed E-state index contributed by atoms with van der Waals surface area (Å²) in [4.78, 5) is 18.2. The molecule has 0 atom stereocenters. The summed E-state index contributed by atoms with van der Waals surface area (Å²) in [6.07, 6.45) is 1.20. The number of aryl methyl sites for hydroxylation is 1. The highest BCUT2D eigenvalue weighted by atomic mass is 79.9. The molecular formula is C12H11BrN4O3. The molecule has 0 amide bonds. The van der Waals surface area contributed by atoms with Crippen LogP contribution in [0.15, 0.2) is 29.0 Å². The number of hydrogen-bond donors (Lipinski definition) is 1. The van der Waals surface area contributed by atoms with Gasteiger partial charge in [0.1, 0.15) is 12.1 Å². The van der Waals surface area contributed by atoms with Crippen molar-refractivity contribution in [3.8, 4) is 11.6 Å². The van der Waals surface area contributed by atoms with Crippen LogP contribution in [0.2, 0.25) is 0 Å². The molecule has 0 spiro atoms. The molecule has 0 aliphatic heterocycles. The lowest BCUT2D eigenvalue weighted by molar-refractivity contribution is -0.385. The van der Waals surface area contributed by atoms with Crippen molar-refractivity contribution in [3.63, 3.8) is 0 Å². The maximum absolute atomic E-state index is 11.1. The number of ether oxygens (including phenoxy) is 1. The monoisotopic (exact) mass is 338 g/mol. The van der Waals surface area contributed by atoms with Gasteiger partial charge in [-0.2, -0.15) is 4.98 Å². The Bertz CT molecular complexity index is 663. The summed E-state index contributed by atoms with van der Waals surface area (Å²) in [6.45, 7) is 1.93. The van der Waals surface area contributed by atoms with Gasteiger partial charge in [-0.15, -0.1) is 0 Å². The van der Waals surface area contributed by atoms with E-state index in [2.05, 4.69) is 31.2 Å². The zero-order valence-electron chi connectivity index (χ0n) is 10.8. The van der Waals surface area contributed by atoms with E-state index < -0.39 is 4.92 Å². The molecule has 8 heteroatoms. The van der Waals surface area contributed by atoms with Crippen molar-refractivity contribution in [2.75, 3.05) is 12.4 Å². The summed E-state index contributed by atoms with van der Waals surface area (Å²) in [7, 11) is 1.54. The van der Waals surface area contributed by atoms with E-state index in [0.29, 0.717) is 10.2 Å². The molecule has 0 bridgehead atoms. The Kier molecular flexibility index (Phi) is 4.14. The van der Waals surface area contributed by atoms with Crippen LogP contribution in [0.1, 0.15) is 5.56 Å². The van der Waals surface area contributed by atoms with Crippen LogP contribution < -0.4 is 10.1 Å². The molecule has 1 aromatic carbocycles. The van der Waals surface area contributed by atoms with Gasteiger partial charge in [0.05, 0.1) is 9.40 Å². The second kappa shape index (κ2) is 5.83. The van der Waals surface area contributed by atoms with Gasteiger partial charge in [0, 0.05) is 7.05 Å². The van der Waals surface area contributed by atoms with Crippen LogP contribution in [0, 0.1) is 17.0 Å². The predicted molar refractivity (Wildman–Crippen MR) is 77.2 cm³/mol. The maximum Gasteiger partial charge on any atom is 0.373 e. The van der Waals surface area contributed by atoms with Crippen LogP contribution in [0.3, 0.4) is 0 Å². The van der Waals surface area contributed by atoms with Crippen molar-refractivity contribution in [2.45, 2.75) is 6.92 Å². The first-order valence-electron chi connectivity index (χ1n) is 5.64. The molecule has 0 aliphatic rings. The number of halogens is 1. The number of nitrogens with zero attached hydrogens (tertiary/aromatic N) is 3. The number of anilines is 1. The summed E-state index contributed by atoms with van der Waals surface area (Å²) in [5.74, 6) is 0.432. The molecule has 0 fully saturated rings. The normalized spacial score (nSPS) is 10.2. The minimum absolute atomic E-state index is 0.100. The molecule has 7 nitrogen and oxygen atoms in total. The molecule has 2 aromatic rings. The number of nitrogens with one attached hydrogen (secondary N) is 1. The highest BCUT2D eigenvalue weighted by Crippen LogP contribution is 2.36. The third-order valence-corrected chi connectivity index (χ3v) is 3.12. The molecule has 2 rings (SSSR count). The fourth-order valence-corrected chi connectivity index (χ4v) is 2.15. The minimum Gasteiger partial charge on any atom is -0.432 e. The van der Waals surface area contributed by atoms with Gasteiger partial charge in [0.2, 0.25) is 5.82 Å². The van der Waals surface area contributed by atoms with Gasteiger partial charge < -0.3 is 10.1 Å². The van der Waals surface area contributed by atoms with Crippen molar-refractivity contribution in [2.24, 2.45) is 0 Å². The standard InChI is InChI=1S/C12H11BrN4O3/c1-7-3-4-9(8(13)5-7)20-12-10(17(18)19)11(14-2)15-6-16-12/h3-6H,1-2H3,(H,14,15,16). The topological polar surface area (TPSA) is 90.2 Å². The van der Waals surface area contributed by atoms with Crippen molar-refractivity contribution in [1.29, 1.82) is 0 Å². The number of hydrogen-bond acceptors (Lipinski definition) is 6. The van der Waals surface area contributed by atoms with Gasteiger partial charge in [-0.1, -0.05) is 6.07 Å². The van der Waals surface area contributed by atoms with E-state index in [1.807, 2.05) is 19.1 Å². The summed E-state index contributed by atoms with van der Waals surface area (Å²) < 4.78 is 6.21. The van der Waals surface area contributed by atoms with E-state index in [1.54, 1.807) is 13.1 Å². The molecule has 1 heterocycles. The van der Waals surface area contributed by atoms with Crippen LogP contribution >= 0.6 is 15.9 Å². The summed E-state index contributed by atoms with van der Waals surface area (Å²) >= 11 is 3.35. The molecule has 0 saturated heterocycles. The third-order valence-electron chi connectivity index (χ3n) is 2.50. The average Bonchev–Trinajstić information content (AvgIpc) is 2.41. The van der Waals surface area contributed by atoms with E-state index in [1.165, 1.54) is 6.33 Å². The zero-order valence-corrected chi connectivity index (χ0v) is 12.3. The molecule has 0 aliphatic carbocycles. The smallest absolute Gasteiger partial charge is 0.373 e. The molecule has 0 saturated carbocycles. The van der Waals surface area contributed by atoms with Gasteiger partial charge in [0.15, 0.2) is 0 Å². The van der Waals surface area contributed by atoms with E-state index in [0.717, 1.165) is 5.56 Å². The average molecular weight is 339 g/mol. The number of benzene rings is 1. The van der Waals surface area contributed by atoms with E-state index in [9.17, 15) is 10.1 Å². The first-order valence-corrected chi connectivity index (χ1v) is 6.43. The fraction of sp³-hybridized carbons (Fsp3) is 0.167. The van der Waals surface area contributed by atoms with Crippen molar-refractivity contribution in [3.05, 3.63) is 44.7 Å². The second-order valence-electron chi connectivity index (χ2n) is 3.92. The van der Waals surface area contributed by atoms with Crippen molar-refractivity contribution < 1.29 is 9.66 Å². The molecule has 104 valence electrons. The van der Waals surface area contributed by atoms with Gasteiger partial charge >= 0.3 is 11.6 Å². The summed E-state index contributed by atoms with van der Waals surface area (Å²) in [6, 6.07) is 5.40. The van der Waals surface area contributed by atoms with Crippen molar-refractivity contribution in [1.82, 2.24) is 9.97 Å². The SMILES string of the molecule is CNc1ncnc(Oc2ccc(C)cc2Br)c1[N+](=O)[O-]. The first-order chi connectivity index (χ1) is 9.52. The van der Waals surface area contributed by atoms with Crippen LogP contribution in [0.25, 0.3) is 0 Å². The Labute approximate surface area is 123 Å². The Balaban J connectivity index is 2.45. The molecular weight excluding hydrogens is 328 g/mol. The molecule has 20 heavy (non-hydrogen) atoms. The lowest BCUT2D eigenvalue weighted by Gasteiger charge is -2.09. The Hall–Kier alpha value is -2.22. The first kappa shape index (κ1) is 14.2. The Morgan fingerprint density at radius 2 is 2.15 bits per heavy atom. The highest BCUT2D eigenvalue weighted by Gasteiger charge is 2.24. The quantitative estimate of drug-likeness (QED) is 0.679. The van der Waals surface area contributed by atoms with E-state index in [-0.39, 0.29) is 17.4 Å². The van der Waals surface area contributed by atoms with E-state index >= 15 is 0 Å².